The second-order valence-electron chi connectivity index (χ2n) is 4.04. The van der Waals surface area contributed by atoms with E-state index in [2.05, 4.69) is 0 Å². The Morgan fingerprint density at radius 2 is 1.81 bits per heavy atom. The molecular weight excluding hydrogens is 198 g/mol. The van der Waals surface area contributed by atoms with E-state index in [9.17, 15) is 4.79 Å². The summed E-state index contributed by atoms with van der Waals surface area (Å²) in [6.07, 6.45) is 1.86. The first kappa shape index (κ1) is 10.7. The van der Waals surface area contributed by atoms with Crippen LogP contribution in [0.15, 0.2) is 53.5 Å². The summed E-state index contributed by atoms with van der Waals surface area (Å²) in [6.45, 7) is 3.96. The van der Waals surface area contributed by atoms with E-state index in [4.69, 9.17) is 0 Å². The maximum atomic E-state index is 11.8. The quantitative estimate of drug-likeness (QED) is 0.751. The maximum Gasteiger partial charge on any atom is 0.251 e. The van der Waals surface area contributed by atoms with E-state index in [1.54, 1.807) is 10.6 Å². The van der Waals surface area contributed by atoms with Gasteiger partial charge >= 0.3 is 0 Å². The van der Waals surface area contributed by atoms with Crippen LogP contribution < -0.4 is 5.56 Å². The van der Waals surface area contributed by atoms with Crippen LogP contribution in [0.4, 0.5) is 0 Å². The molecule has 82 valence electrons. The van der Waals surface area contributed by atoms with E-state index >= 15 is 0 Å². The highest BCUT2D eigenvalue weighted by atomic mass is 16.1. The number of rotatable bonds is 2. The van der Waals surface area contributed by atoms with E-state index in [0.717, 1.165) is 11.1 Å². The first-order chi connectivity index (χ1) is 7.68. The van der Waals surface area contributed by atoms with Crippen LogP contribution in [0.2, 0.25) is 0 Å². The predicted molar refractivity (Wildman–Crippen MR) is 65.7 cm³/mol. The Morgan fingerprint density at radius 3 is 2.44 bits per heavy atom. The number of aryl methyl sites for hydroxylation is 1. The molecular formula is C14H15NO. The van der Waals surface area contributed by atoms with Crippen LogP contribution in [0, 0.1) is 6.92 Å². The minimum absolute atomic E-state index is 0.0522. The van der Waals surface area contributed by atoms with E-state index in [1.165, 1.54) is 0 Å². The molecule has 0 fully saturated rings. The van der Waals surface area contributed by atoms with Gasteiger partial charge in [0.2, 0.25) is 0 Å². The third-order valence-electron chi connectivity index (χ3n) is 2.80. The number of pyridine rings is 1. The van der Waals surface area contributed by atoms with Gasteiger partial charge in [-0.25, -0.2) is 0 Å². The summed E-state index contributed by atoms with van der Waals surface area (Å²) < 4.78 is 1.75. The first-order valence-electron chi connectivity index (χ1n) is 5.42. The molecule has 0 saturated carbocycles. The molecule has 0 saturated heterocycles. The van der Waals surface area contributed by atoms with Crippen molar-refractivity contribution in [3.63, 3.8) is 0 Å². The summed E-state index contributed by atoms with van der Waals surface area (Å²) in [5, 5.41) is 0. The molecule has 2 nitrogen and oxygen atoms in total. The highest BCUT2D eigenvalue weighted by Crippen LogP contribution is 2.15. The molecule has 0 aliphatic rings. The average Bonchev–Trinajstić information content (AvgIpc) is 2.29. The lowest BCUT2D eigenvalue weighted by Gasteiger charge is -2.15. The molecule has 1 aromatic carbocycles. The minimum Gasteiger partial charge on any atom is -0.308 e. The second kappa shape index (κ2) is 4.35. The van der Waals surface area contributed by atoms with Crippen LogP contribution in [-0.4, -0.2) is 4.57 Å². The summed E-state index contributed by atoms with van der Waals surface area (Å²) in [5.74, 6) is 0. The highest BCUT2D eigenvalue weighted by Gasteiger charge is 2.07. The Bertz CT molecular complexity index is 528. The Morgan fingerprint density at radius 1 is 1.12 bits per heavy atom. The largest absolute Gasteiger partial charge is 0.308 e. The molecule has 16 heavy (non-hydrogen) atoms. The maximum absolute atomic E-state index is 11.8. The normalized spacial score (nSPS) is 12.4. The van der Waals surface area contributed by atoms with Crippen LogP contribution in [0.25, 0.3) is 0 Å². The molecule has 1 heterocycles. The van der Waals surface area contributed by atoms with Gasteiger partial charge in [-0.3, -0.25) is 4.79 Å². The van der Waals surface area contributed by atoms with Crippen molar-refractivity contribution >= 4 is 0 Å². The number of aromatic nitrogens is 1. The lowest BCUT2D eigenvalue weighted by Crippen LogP contribution is -2.22. The lowest BCUT2D eigenvalue weighted by molar-refractivity contribution is 0.614. The molecule has 0 amide bonds. The SMILES string of the molecule is Cc1ccn(C(C)c2ccccc2)c(=O)c1. The van der Waals surface area contributed by atoms with E-state index in [-0.39, 0.29) is 11.6 Å². The zero-order chi connectivity index (χ0) is 11.5. The highest BCUT2D eigenvalue weighted by molar-refractivity contribution is 5.20. The minimum atomic E-state index is 0.0522. The molecule has 0 aliphatic carbocycles. The van der Waals surface area contributed by atoms with Crippen LogP contribution in [0.1, 0.15) is 24.1 Å². The van der Waals surface area contributed by atoms with Crippen molar-refractivity contribution in [2.75, 3.05) is 0 Å². The Kier molecular flexibility index (Phi) is 2.91. The van der Waals surface area contributed by atoms with Crippen LogP contribution in [-0.2, 0) is 0 Å². The lowest BCUT2D eigenvalue weighted by atomic mass is 10.1. The van der Waals surface area contributed by atoms with Gasteiger partial charge in [-0.1, -0.05) is 30.3 Å². The van der Waals surface area contributed by atoms with Crippen molar-refractivity contribution < 1.29 is 0 Å². The monoisotopic (exact) mass is 213 g/mol. The summed E-state index contributed by atoms with van der Waals surface area (Å²) in [6, 6.07) is 13.7. The van der Waals surface area contributed by atoms with Crippen molar-refractivity contribution in [2.24, 2.45) is 0 Å². The Balaban J connectivity index is 2.42. The predicted octanol–water partition coefficient (Wildman–Crippen LogP) is 2.77. The molecule has 0 spiro atoms. The third-order valence-corrected chi connectivity index (χ3v) is 2.80. The molecule has 0 bridgehead atoms. The molecule has 0 N–H and O–H groups in total. The van der Waals surface area contributed by atoms with Crippen LogP contribution in [0.5, 0.6) is 0 Å². The molecule has 2 rings (SSSR count). The van der Waals surface area contributed by atoms with Gasteiger partial charge in [0.15, 0.2) is 0 Å². The van der Waals surface area contributed by atoms with Gasteiger partial charge in [0.1, 0.15) is 0 Å². The van der Waals surface area contributed by atoms with Crippen LogP contribution >= 0.6 is 0 Å². The number of hydrogen-bond acceptors (Lipinski definition) is 1. The summed E-state index contributed by atoms with van der Waals surface area (Å²) >= 11 is 0. The van der Waals surface area contributed by atoms with Gasteiger partial charge in [0, 0.05) is 12.3 Å². The van der Waals surface area contributed by atoms with Gasteiger partial charge in [-0.05, 0) is 31.0 Å². The van der Waals surface area contributed by atoms with Crippen molar-refractivity contribution in [2.45, 2.75) is 19.9 Å². The molecule has 1 unspecified atom stereocenters. The fourth-order valence-electron chi connectivity index (χ4n) is 1.80. The molecule has 1 atom stereocenters. The second-order valence-corrected chi connectivity index (χ2v) is 4.04. The zero-order valence-corrected chi connectivity index (χ0v) is 9.55. The van der Waals surface area contributed by atoms with Gasteiger partial charge in [-0.2, -0.15) is 0 Å². The van der Waals surface area contributed by atoms with Gasteiger partial charge in [0.05, 0.1) is 6.04 Å². The average molecular weight is 213 g/mol. The topological polar surface area (TPSA) is 22.0 Å². The van der Waals surface area contributed by atoms with Gasteiger partial charge < -0.3 is 4.57 Å². The van der Waals surface area contributed by atoms with E-state index in [1.807, 2.05) is 56.4 Å². The number of nitrogens with zero attached hydrogens (tertiary/aromatic N) is 1. The van der Waals surface area contributed by atoms with Crippen molar-refractivity contribution in [1.29, 1.82) is 0 Å². The fourth-order valence-corrected chi connectivity index (χ4v) is 1.80. The smallest absolute Gasteiger partial charge is 0.251 e. The van der Waals surface area contributed by atoms with Gasteiger partial charge in [0.25, 0.3) is 5.56 Å². The first-order valence-corrected chi connectivity index (χ1v) is 5.42. The standard InChI is InChI=1S/C14H15NO/c1-11-8-9-15(14(16)10-11)12(2)13-6-4-3-5-7-13/h3-10,12H,1-2H3. The fraction of sp³-hybridized carbons (Fsp3) is 0.214. The Labute approximate surface area is 95.2 Å². The van der Waals surface area contributed by atoms with Gasteiger partial charge in [-0.15, -0.1) is 0 Å². The summed E-state index contributed by atoms with van der Waals surface area (Å²) in [7, 11) is 0. The third kappa shape index (κ3) is 2.06. The van der Waals surface area contributed by atoms with Crippen molar-refractivity contribution in [1.82, 2.24) is 4.57 Å². The van der Waals surface area contributed by atoms with E-state index < -0.39 is 0 Å². The zero-order valence-electron chi connectivity index (χ0n) is 9.55. The molecule has 0 aliphatic heterocycles. The molecule has 2 heteroatoms. The number of hydrogen-bond donors (Lipinski definition) is 0. The summed E-state index contributed by atoms with van der Waals surface area (Å²) in [4.78, 5) is 11.8. The van der Waals surface area contributed by atoms with Crippen LogP contribution in [0.3, 0.4) is 0 Å². The molecule has 0 radical (unpaired) electrons. The molecule has 1 aromatic heterocycles. The summed E-state index contributed by atoms with van der Waals surface area (Å²) in [5.41, 5.74) is 2.20. The van der Waals surface area contributed by atoms with E-state index in [0.29, 0.717) is 0 Å². The Hall–Kier alpha value is -1.83. The van der Waals surface area contributed by atoms with Crippen molar-refractivity contribution in [3.8, 4) is 0 Å². The van der Waals surface area contributed by atoms with Crippen molar-refractivity contribution in [3.05, 3.63) is 70.1 Å². The number of benzene rings is 1. The molecule has 2 aromatic rings.